The van der Waals surface area contributed by atoms with E-state index in [0.717, 1.165) is 37.5 Å². The molecule has 3 rings (SSSR count). The molecule has 1 aromatic heterocycles. The second-order valence-corrected chi connectivity index (χ2v) is 5.06. The van der Waals surface area contributed by atoms with Crippen LogP contribution in [0.3, 0.4) is 0 Å². The molecule has 2 heterocycles. The summed E-state index contributed by atoms with van der Waals surface area (Å²) in [4.78, 5) is 7.17. The molecule has 0 bridgehead atoms. The summed E-state index contributed by atoms with van der Waals surface area (Å²) in [5.74, 6) is 1.11. The highest BCUT2D eigenvalue weighted by molar-refractivity contribution is 5.84. The Morgan fingerprint density at radius 3 is 2.67 bits per heavy atom. The first kappa shape index (κ1) is 11.5. The molecule has 1 N–H and O–H groups in total. The van der Waals surface area contributed by atoms with Crippen LogP contribution in [-0.4, -0.2) is 31.2 Å². The standard InChI is InChI=1S/C15H19N3/c1-11-9-12(2)13-3-4-15(17-14(13)10-11)18-7-5-16-6-8-18/h3-4,9-10,16H,5-8H2,1-2H3. The molecule has 0 spiro atoms. The third-order valence-corrected chi connectivity index (χ3v) is 3.58. The Labute approximate surface area is 108 Å². The number of anilines is 1. The molecule has 3 nitrogen and oxygen atoms in total. The molecule has 0 amide bonds. The largest absolute Gasteiger partial charge is 0.354 e. The molecule has 1 aromatic carbocycles. The SMILES string of the molecule is Cc1cc(C)c2ccc(N3CCNCC3)nc2c1. The van der Waals surface area contributed by atoms with E-state index in [9.17, 15) is 0 Å². The van der Waals surface area contributed by atoms with Gasteiger partial charge in [-0.3, -0.25) is 0 Å². The van der Waals surface area contributed by atoms with Crippen molar-refractivity contribution in [3.8, 4) is 0 Å². The maximum absolute atomic E-state index is 4.82. The van der Waals surface area contributed by atoms with Crippen molar-refractivity contribution < 1.29 is 0 Å². The van der Waals surface area contributed by atoms with Gasteiger partial charge >= 0.3 is 0 Å². The molecule has 0 aliphatic carbocycles. The van der Waals surface area contributed by atoms with Gasteiger partial charge in [0.15, 0.2) is 0 Å². The Morgan fingerprint density at radius 1 is 1.11 bits per heavy atom. The number of aryl methyl sites for hydroxylation is 2. The van der Waals surface area contributed by atoms with Crippen molar-refractivity contribution in [2.24, 2.45) is 0 Å². The molecular weight excluding hydrogens is 222 g/mol. The molecule has 1 saturated heterocycles. The predicted octanol–water partition coefficient (Wildman–Crippen LogP) is 2.26. The Kier molecular flexibility index (Phi) is 2.92. The lowest BCUT2D eigenvalue weighted by atomic mass is 10.1. The van der Waals surface area contributed by atoms with Crippen molar-refractivity contribution >= 4 is 16.7 Å². The van der Waals surface area contributed by atoms with Crippen LogP contribution in [0.25, 0.3) is 10.9 Å². The molecule has 2 aromatic rings. The van der Waals surface area contributed by atoms with Crippen molar-refractivity contribution in [3.63, 3.8) is 0 Å². The minimum atomic E-state index is 1.04. The van der Waals surface area contributed by atoms with E-state index in [4.69, 9.17) is 4.98 Å². The average Bonchev–Trinajstić information content (AvgIpc) is 2.39. The van der Waals surface area contributed by atoms with Gasteiger partial charge in [0.25, 0.3) is 0 Å². The first-order chi connectivity index (χ1) is 8.74. The number of rotatable bonds is 1. The molecule has 1 aliphatic heterocycles. The molecular formula is C15H19N3. The molecule has 0 radical (unpaired) electrons. The fraction of sp³-hybridized carbons (Fsp3) is 0.400. The van der Waals surface area contributed by atoms with Crippen LogP contribution in [0.4, 0.5) is 5.82 Å². The van der Waals surface area contributed by atoms with Crippen molar-refractivity contribution in [2.75, 3.05) is 31.1 Å². The summed E-state index contributed by atoms with van der Waals surface area (Å²) in [5.41, 5.74) is 3.71. The molecule has 94 valence electrons. The van der Waals surface area contributed by atoms with Crippen LogP contribution in [-0.2, 0) is 0 Å². The summed E-state index contributed by atoms with van der Waals surface area (Å²) in [5, 5.41) is 4.63. The molecule has 18 heavy (non-hydrogen) atoms. The van der Waals surface area contributed by atoms with E-state index < -0.39 is 0 Å². The van der Waals surface area contributed by atoms with Crippen LogP contribution in [0, 0.1) is 13.8 Å². The van der Waals surface area contributed by atoms with E-state index in [2.05, 4.69) is 48.3 Å². The summed E-state index contributed by atoms with van der Waals surface area (Å²) in [6.45, 7) is 8.47. The predicted molar refractivity (Wildman–Crippen MR) is 76.3 cm³/mol. The first-order valence-corrected chi connectivity index (χ1v) is 6.58. The summed E-state index contributed by atoms with van der Waals surface area (Å²) >= 11 is 0. The zero-order valence-electron chi connectivity index (χ0n) is 11.0. The number of benzene rings is 1. The second-order valence-electron chi connectivity index (χ2n) is 5.06. The molecule has 3 heteroatoms. The van der Waals surface area contributed by atoms with E-state index in [0.29, 0.717) is 0 Å². The number of nitrogens with zero attached hydrogens (tertiary/aromatic N) is 2. The Morgan fingerprint density at radius 2 is 1.89 bits per heavy atom. The number of aromatic nitrogens is 1. The smallest absolute Gasteiger partial charge is 0.129 e. The monoisotopic (exact) mass is 241 g/mol. The van der Waals surface area contributed by atoms with E-state index in [1.54, 1.807) is 0 Å². The number of fused-ring (bicyclic) bond motifs is 1. The van der Waals surface area contributed by atoms with Crippen LogP contribution in [0.2, 0.25) is 0 Å². The molecule has 1 aliphatic rings. The summed E-state index contributed by atoms with van der Waals surface area (Å²) < 4.78 is 0. The maximum Gasteiger partial charge on any atom is 0.129 e. The number of nitrogens with one attached hydrogen (secondary N) is 1. The Bertz CT molecular complexity index is 571. The minimum Gasteiger partial charge on any atom is -0.354 e. The minimum absolute atomic E-state index is 1.04. The van der Waals surface area contributed by atoms with Crippen molar-refractivity contribution in [1.29, 1.82) is 0 Å². The topological polar surface area (TPSA) is 28.2 Å². The Balaban J connectivity index is 2.04. The molecule has 1 fully saturated rings. The first-order valence-electron chi connectivity index (χ1n) is 6.58. The van der Waals surface area contributed by atoms with Gasteiger partial charge < -0.3 is 10.2 Å². The summed E-state index contributed by atoms with van der Waals surface area (Å²) in [6.07, 6.45) is 0. The fourth-order valence-corrected chi connectivity index (χ4v) is 2.65. The number of pyridine rings is 1. The lowest BCUT2D eigenvalue weighted by Crippen LogP contribution is -2.43. The van der Waals surface area contributed by atoms with Crippen molar-refractivity contribution in [3.05, 3.63) is 35.4 Å². The van der Waals surface area contributed by atoms with Gasteiger partial charge in [0.05, 0.1) is 5.52 Å². The fourth-order valence-electron chi connectivity index (χ4n) is 2.65. The number of hydrogen-bond donors (Lipinski definition) is 1. The lowest BCUT2D eigenvalue weighted by molar-refractivity contribution is 0.585. The molecule has 0 saturated carbocycles. The van der Waals surface area contributed by atoms with E-state index >= 15 is 0 Å². The van der Waals surface area contributed by atoms with Crippen LogP contribution < -0.4 is 10.2 Å². The lowest BCUT2D eigenvalue weighted by Gasteiger charge is -2.28. The number of hydrogen-bond acceptors (Lipinski definition) is 3. The van der Waals surface area contributed by atoms with E-state index in [1.807, 2.05) is 0 Å². The quantitative estimate of drug-likeness (QED) is 0.830. The summed E-state index contributed by atoms with van der Waals surface area (Å²) in [6, 6.07) is 8.74. The third kappa shape index (κ3) is 2.06. The molecule has 0 unspecified atom stereocenters. The van der Waals surface area contributed by atoms with Gasteiger partial charge in [-0.2, -0.15) is 0 Å². The summed E-state index contributed by atoms with van der Waals surface area (Å²) in [7, 11) is 0. The maximum atomic E-state index is 4.82. The third-order valence-electron chi connectivity index (χ3n) is 3.58. The van der Waals surface area contributed by atoms with Gasteiger partial charge in [0.2, 0.25) is 0 Å². The van der Waals surface area contributed by atoms with Gasteiger partial charge in [0, 0.05) is 31.6 Å². The van der Waals surface area contributed by atoms with Crippen LogP contribution in [0.1, 0.15) is 11.1 Å². The van der Waals surface area contributed by atoms with Gasteiger partial charge in [-0.05, 0) is 43.2 Å². The van der Waals surface area contributed by atoms with E-state index in [1.165, 1.54) is 16.5 Å². The van der Waals surface area contributed by atoms with Gasteiger partial charge in [-0.1, -0.05) is 6.07 Å². The van der Waals surface area contributed by atoms with Crippen molar-refractivity contribution in [2.45, 2.75) is 13.8 Å². The van der Waals surface area contributed by atoms with E-state index in [-0.39, 0.29) is 0 Å². The average molecular weight is 241 g/mol. The van der Waals surface area contributed by atoms with Crippen LogP contribution >= 0.6 is 0 Å². The van der Waals surface area contributed by atoms with Crippen LogP contribution in [0.5, 0.6) is 0 Å². The zero-order valence-corrected chi connectivity index (χ0v) is 11.0. The van der Waals surface area contributed by atoms with Gasteiger partial charge in [-0.25, -0.2) is 4.98 Å². The van der Waals surface area contributed by atoms with Gasteiger partial charge in [-0.15, -0.1) is 0 Å². The molecule has 0 atom stereocenters. The highest BCUT2D eigenvalue weighted by Crippen LogP contribution is 2.22. The Hall–Kier alpha value is -1.61. The number of piperazine rings is 1. The normalized spacial score (nSPS) is 16.2. The highest BCUT2D eigenvalue weighted by atomic mass is 15.2. The van der Waals surface area contributed by atoms with Gasteiger partial charge in [0.1, 0.15) is 5.82 Å². The van der Waals surface area contributed by atoms with Crippen LogP contribution in [0.15, 0.2) is 24.3 Å². The second kappa shape index (κ2) is 4.58. The van der Waals surface area contributed by atoms with Crippen molar-refractivity contribution in [1.82, 2.24) is 10.3 Å². The highest BCUT2D eigenvalue weighted by Gasteiger charge is 2.12. The zero-order chi connectivity index (χ0) is 12.5.